The van der Waals surface area contributed by atoms with Crippen LogP contribution in [0.3, 0.4) is 0 Å². The molecule has 3 aromatic rings. The van der Waals surface area contributed by atoms with E-state index in [-0.39, 0.29) is 0 Å². The minimum Gasteiger partial charge on any atom is -0.345 e. The molecular formula is C16H14N4. The molecule has 1 N–H and O–H groups in total. The van der Waals surface area contributed by atoms with E-state index in [4.69, 9.17) is 0 Å². The number of H-pyrrole nitrogens is 1. The van der Waals surface area contributed by atoms with E-state index in [1.54, 1.807) is 12.4 Å². The van der Waals surface area contributed by atoms with Crippen molar-refractivity contribution in [3.05, 3.63) is 59.0 Å². The van der Waals surface area contributed by atoms with Crippen molar-refractivity contribution in [2.45, 2.75) is 6.92 Å². The zero-order valence-corrected chi connectivity index (χ0v) is 11.2. The summed E-state index contributed by atoms with van der Waals surface area (Å²) in [6, 6.07) is 5.89. The fourth-order valence-electron chi connectivity index (χ4n) is 2.32. The molecule has 98 valence electrons. The summed E-state index contributed by atoms with van der Waals surface area (Å²) in [5.74, 6) is 0. The molecule has 3 aromatic heterocycles. The fourth-order valence-corrected chi connectivity index (χ4v) is 2.32. The van der Waals surface area contributed by atoms with E-state index in [1.165, 1.54) is 0 Å². The zero-order chi connectivity index (χ0) is 13.9. The van der Waals surface area contributed by atoms with Crippen molar-refractivity contribution in [3.63, 3.8) is 0 Å². The minimum absolute atomic E-state index is 0.833. The Morgan fingerprint density at radius 3 is 3.05 bits per heavy atom. The summed E-state index contributed by atoms with van der Waals surface area (Å²) in [5, 5.41) is 3.09. The van der Waals surface area contributed by atoms with E-state index in [0.717, 1.165) is 32.7 Å². The predicted octanol–water partition coefficient (Wildman–Crippen LogP) is 1.62. The summed E-state index contributed by atoms with van der Waals surface area (Å²) in [5.41, 5.74) is 2.68. The van der Waals surface area contributed by atoms with Crippen molar-refractivity contribution >= 4 is 29.5 Å². The van der Waals surface area contributed by atoms with Crippen molar-refractivity contribution in [2.75, 3.05) is 0 Å². The molecule has 0 aromatic carbocycles. The number of nitrogens with one attached hydrogen (secondary N) is 1. The van der Waals surface area contributed by atoms with E-state index in [1.807, 2.05) is 43.6 Å². The summed E-state index contributed by atoms with van der Waals surface area (Å²) >= 11 is 0. The van der Waals surface area contributed by atoms with Crippen molar-refractivity contribution in [2.24, 2.45) is 4.99 Å². The van der Waals surface area contributed by atoms with Gasteiger partial charge < -0.3 is 4.98 Å². The third kappa shape index (κ3) is 1.91. The molecule has 0 spiro atoms. The number of hydrogen-bond donors (Lipinski definition) is 1. The van der Waals surface area contributed by atoms with Gasteiger partial charge in [-0.1, -0.05) is 6.08 Å². The maximum absolute atomic E-state index is 4.30. The third-order valence-corrected chi connectivity index (χ3v) is 3.28. The second-order valence-electron chi connectivity index (χ2n) is 4.36. The van der Waals surface area contributed by atoms with Gasteiger partial charge in [0.05, 0.1) is 5.70 Å². The maximum Gasteiger partial charge on any atom is 0.137 e. The van der Waals surface area contributed by atoms with Crippen LogP contribution in [-0.2, 0) is 0 Å². The Morgan fingerprint density at radius 1 is 1.35 bits per heavy atom. The van der Waals surface area contributed by atoms with Crippen molar-refractivity contribution in [3.8, 4) is 0 Å². The van der Waals surface area contributed by atoms with Gasteiger partial charge >= 0.3 is 0 Å². The van der Waals surface area contributed by atoms with Crippen LogP contribution in [0.1, 0.15) is 12.5 Å². The first-order valence-corrected chi connectivity index (χ1v) is 6.35. The molecular weight excluding hydrogens is 248 g/mol. The molecule has 4 nitrogen and oxygen atoms in total. The molecule has 0 amide bonds. The van der Waals surface area contributed by atoms with Gasteiger partial charge in [0, 0.05) is 41.0 Å². The molecule has 0 fully saturated rings. The van der Waals surface area contributed by atoms with Crippen LogP contribution in [0.4, 0.5) is 0 Å². The van der Waals surface area contributed by atoms with Crippen LogP contribution < -0.4 is 10.4 Å². The van der Waals surface area contributed by atoms with E-state index in [0.29, 0.717) is 0 Å². The number of fused-ring (bicyclic) bond motifs is 1. The molecule has 3 heterocycles. The topological polar surface area (TPSA) is 53.9 Å². The summed E-state index contributed by atoms with van der Waals surface area (Å²) in [7, 11) is 0. The molecule has 0 aliphatic rings. The number of rotatable bonds is 2. The average Bonchev–Trinajstić information content (AvgIpc) is 2.93. The van der Waals surface area contributed by atoms with Crippen LogP contribution in [0.25, 0.3) is 22.8 Å². The fraction of sp³-hybridized carbons (Fsp3) is 0.0625. The van der Waals surface area contributed by atoms with Gasteiger partial charge in [0.25, 0.3) is 0 Å². The first-order valence-electron chi connectivity index (χ1n) is 6.35. The molecule has 0 radical (unpaired) electrons. The lowest BCUT2D eigenvalue weighted by atomic mass is 10.1. The summed E-state index contributed by atoms with van der Waals surface area (Å²) in [6.45, 7) is 5.70. The van der Waals surface area contributed by atoms with Crippen LogP contribution in [-0.4, -0.2) is 21.7 Å². The average molecular weight is 262 g/mol. The zero-order valence-electron chi connectivity index (χ0n) is 11.2. The number of hydrogen-bond acceptors (Lipinski definition) is 3. The Bertz CT molecular complexity index is 890. The highest BCUT2D eigenvalue weighted by molar-refractivity contribution is 5.90. The van der Waals surface area contributed by atoms with Gasteiger partial charge in [-0.3, -0.25) is 9.98 Å². The lowest BCUT2D eigenvalue weighted by molar-refractivity contribution is 1.26. The Hall–Kier alpha value is -2.75. The van der Waals surface area contributed by atoms with Crippen LogP contribution in [0, 0.1) is 0 Å². The standard InChI is InChI=1S/C16H14N4/c1-3-11-9-18-8-6-12(11)15(17-2)14-10-20-16-13(14)5-4-7-19-16/h3-10H,2H2,1H3,(H,19,20)/b11-3-,15-12-. The molecule has 0 aliphatic carbocycles. The number of aromatic amines is 1. The molecule has 0 saturated carbocycles. The molecule has 0 unspecified atom stereocenters. The van der Waals surface area contributed by atoms with E-state index >= 15 is 0 Å². The van der Waals surface area contributed by atoms with Crippen molar-refractivity contribution < 1.29 is 0 Å². The van der Waals surface area contributed by atoms with Gasteiger partial charge in [-0.25, -0.2) is 4.98 Å². The van der Waals surface area contributed by atoms with E-state index in [9.17, 15) is 0 Å². The molecule has 0 atom stereocenters. The van der Waals surface area contributed by atoms with Gasteiger partial charge in [-0.2, -0.15) is 0 Å². The quantitative estimate of drug-likeness (QED) is 0.713. The largest absolute Gasteiger partial charge is 0.345 e. The first-order chi connectivity index (χ1) is 9.85. The van der Waals surface area contributed by atoms with Crippen LogP contribution in [0.2, 0.25) is 0 Å². The van der Waals surface area contributed by atoms with Crippen molar-refractivity contribution in [1.29, 1.82) is 0 Å². The highest BCUT2D eigenvalue weighted by Gasteiger charge is 2.08. The van der Waals surface area contributed by atoms with Crippen LogP contribution in [0.15, 0.2) is 48.0 Å². The molecule has 0 aliphatic heterocycles. The normalized spacial score (nSPS) is 13.6. The van der Waals surface area contributed by atoms with Gasteiger partial charge in [0.1, 0.15) is 5.65 Å². The number of aromatic nitrogens is 3. The highest BCUT2D eigenvalue weighted by Crippen LogP contribution is 2.22. The van der Waals surface area contributed by atoms with Gasteiger partial charge in [0.2, 0.25) is 0 Å². The first kappa shape index (κ1) is 12.3. The van der Waals surface area contributed by atoms with Gasteiger partial charge in [-0.15, -0.1) is 0 Å². The third-order valence-electron chi connectivity index (χ3n) is 3.28. The lowest BCUT2D eigenvalue weighted by Gasteiger charge is -2.00. The molecule has 0 saturated heterocycles. The minimum atomic E-state index is 0.833. The lowest BCUT2D eigenvalue weighted by Crippen LogP contribution is -2.26. The van der Waals surface area contributed by atoms with Gasteiger partial charge in [-0.05, 0) is 37.1 Å². The summed E-state index contributed by atoms with van der Waals surface area (Å²) in [6.07, 6.45) is 9.29. The summed E-state index contributed by atoms with van der Waals surface area (Å²) < 4.78 is 0. The Morgan fingerprint density at radius 2 is 2.25 bits per heavy atom. The van der Waals surface area contributed by atoms with Crippen molar-refractivity contribution in [1.82, 2.24) is 15.0 Å². The monoisotopic (exact) mass is 262 g/mol. The van der Waals surface area contributed by atoms with Crippen LogP contribution in [0.5, 0.6) is 0 Å². The molecule has 0 bridgehead atoms. The summed E-state index contributed by atoms with van der Waals surface area (Å²) in [4.78, 5) is 15.8. The second kappa shape index (κ2) is 5.09. The molecule has 3 rings (SSSR count). The Labute approximate surface area is 116 Å². The van der Waals surface area contributed by atoms with E-state index < -0.39 is 0 Å². The SMILES string of the molecule is C=N/C(c1c[nH]c2ncccc12)=c1/ccnc/c1=C/C. The molecule has 4 heteroatoms. The molecule has 20 heavy (non-hydrogen) atoms. The van der Waals surface area contributed by atoms with E-state index in [2.05, 4.69) is 26.7 Å². The second-order valence-corrected chi connectivity index (χ2v) is 4.36. The predicted molar refractivity (Wildman–Crippen MR) is 81.8 cm³/mol. The maximum atomic E-state index is 4.30. The highest BCUT2D eigenvalue weighted by atomic mass is 14.8. The number of pyridine rings is 2. The Balaban J connectivity index is 2.44. The number of aliphatic imine (C=N–C) groups is 1. The van der Waals surface area contributed by atoms with Crippen LogP contribution >= 0.6 is 0 Å². The number of nitrogens with zero attached hydrogens (tertiary/aromatic N) is 3. The van der Waals surface area contributed by atoms with Gasteiger partial charge in [0.15, 0.2) is 0 Å². The smallest absolute Gasteiger partial charge is 0.137 e. The Kier molecular flexibility index (Phi) is 3.13.